The van der Waals surface area contributed by atoms with Gasteiger partial charge in [-0.2, -0.15) is 5.10 Å². The minimum Gasteiger partial charge on any atom is -0.479 e. The molecule has 1 saturated carbocycles. The van der Waals surface area contributed by atoms with Gasteiger partial charge in [0.05, 0.1) is 25.2 Å². The molecular formula is C24H29N7OS. The first-order valence-electron chi connectivity index (χ1n) is 11.6. The Hall–Kier alpha value is -2.94. The van der Waals surface area contributed by atoms with Crippen LogP contribution in [0.2, 0.25) is 0 Å². The molecule has 0 aromatic carbocycles. The van der Waals surface area contributed by atoms with Crippen LogP contribution in [0, 0.1) is 5.92 Å². The maximum absolute atomic E-state index is 5.62. The number of methoxy groups -OCH3 is 1. The second-order valence-corrected chi connectivity index (χ2v) is 10.7. The number of hydrogen-bond donors (Lipinski definition) is 0. The zero-order valence-corrected chi connectivity index (χ0v) is 20.3. The SMILES string of the molecule is COc1nc(-c2nc(N3CC(C)Cn4nc(C5(C)CC5)cc43)cs2)ccc1N1C=NC(C)C1. The van der Waals surface area contributed by atoms with Gasteiger partial charge in [0.25, 0.3) is 0 Å². The summed E-state index contributed by atoms with van der Waals surface area (Å²) in [4.78, 5) is 18.6. The highest BCUT2D eigenvalue weighted by Crippen LogP contribution is 2.48. The lowest BCUT2D eigenvalue weighted by atomic mass is 10.1. The lowest BCUT2D eigenvalue weighted by Gasteiger charge is -2.31. The standard InChI is InChI=1S/C24H29N7OS/c1-15-10-30(21-9-19(24(3)7-8-24)28-31(21)11-15)20-13-33-23(27-20)17-5-6-18(22(26-17)32-4)29-12-16(2)25-14-29/h5-6,9,13-16H,7-8,10-12H2,1-4H3. The second kappa shape index (κ2) is 7.55. The van der Waals surface area contributed by atoms with Crippen LogP contribution in [0.1, 0.15) is 39.3 Å². The number of ether oxygens (including phenoxy) is 1. The first-order valence-corrected chi connectivity index (χ1v) is 12.5. The quantitative estimate of drug-likeness (QED) is 0.555. The van der Waals surface area contributed by atoms with Crippen LogP contribution in [-0.2, 0) is 12.0 Å². The fraction of sp³-hybridized carbons (Fsp3) is 0.500. The second-order valence-electron chi connectivity index (χ2n) is 9.85. The maximum Gasteiger partial charge on any atom is 0.238 e. The lowest BCUT2D eigenvalue weighted by Crippen LogP contribution is -2.34. The maximum atomic E-state index is 5.62. The molecule has 2 aliphatic heterocycles. The van der Waals surface area contributed by atoms with Crippen molar-refractivity contribution in [3.8, 4) is 16.6 Å². The molecule has 0 N–H and O–H groups in total. The van der Waals surface area contributed by atoms with E-state index in [-0.39, 0.29) is 11.5 Å². The van der Waals surface area contributed by atoms with Crippen LogP contribution in [0.3, 0.4) is 0 Å². The molecule has 33 heavy (non-hydrogen) atoms. The Kier molecular flexibility index (Phi) is 4.72. The topological polar surface area (TPSA) is 71.7 Å². The van der Waals surface area contributed by atoms with Gasteiger partial charge in [-0.1, -0.05) is 13.8 Å². The molecular weight excluding hydrogens is 434 g/mol. The summed E-state index contributed by atoms with van der Waals surface area (Å²) >= 11 is 1.61. The van der Waals surface area contributed by atoms with Crippen molar-refractivity contribution in [1.29, 1.82) is 0 Å². The number of fused-ring (bicyclic) bond motifs is 1. The van der Waals surface area contributed by atoms with Crippen LogP contribution in [0.15, 0.2) is 28.6 Å². The summed E-state index contributed by atoms with van der Waals surface area (Å²) in [5.74, 6) is 3.21. The van der Waals surface area contributed by atoms with Gasteiger partial charge in [-0.15, -0.1) is 11.3 Å². The summed E-state index contributed by atoms with van der Waals surface area (Å²) in [6.07, 6.45) is 4.32. The fourth-order valence-electron chi connectivity index (χ4n) is 4.63. The molecule has 0 spiro atoms. The summed E-state index contributed by atoms with van der Waals surface area (Å²) < 4.78 is 7.79. The van der Waals surface area contributed by atoms with Crippen molar-refractivity contribution in [1.82, 2.24) is 19.7 Å². The first-order chi connectivity index (χ1) is 15.9. The number of hydrogen-bond acceptors (Lipinski definition) is 8. The van der Waals surface area contributed by atoms with Crippen LogP contribution < -0.4 is 14.5 Å². The minimum atomic E-state index is 0.256. The average Bonchev–Trinajstić information content (AvgIpc) is 3.22. The Balaban J connectivity index is 1.31. The van der Waals surface area contributed by atoms with E-state index in [0.717, 1.165) is 47.7 Å². The van der Waals surface area contributed by atoms with Crippen molar-refractivity contribution >= 4 is 35.0 Å². The Bertz CT molecular complexity index is 1230. The number of anilines is 3. The molecule has 2 unspecified atom stereocenters. The summed E-state index contributed by atoms with van der Waals surface area (Å²) in [5, 5.41) is 7.97. The van der Waals surface area contributed by atoms with Crippen molar-refractivity contribution < 1.29 is 4.74 Å². The van der Waals surface area contributed by atoms with Gasteiger partial charge in [-0.05, 0) is 37.8 Å². The van der Waals surface area contributed by atoms with Gasteiger partial charge < -0.3 is 14.5 Å². The molecule has 0 saturated heterocycles. The molecule has 3 aliphatic rings. The van der Waals surface area contributed by atoms with Gasteiger partial charge in [0.15, 0.2) is 0 Å². The van der Waals surface area contributed by atoms with Gasteiger partial charge in [0.1, 0.15) is 28.0 Å². The van der Waals surface area contributed by atoms with E-state index >= 15 is 0 Å². The van der Waals surface area contributed by atoms with Gasteiger partial charge in [0.2, 0.25) is 5.88 Å². The van der Waals surface area contributed by atoms with Crippen LogP contribution in [0.4, 0.5) is 17.3 Å². The molecule has 9 heteroatoms. The molecule has 1 aliphatic carbocycles. The van der Waals surface area contributed by atoms with E-state index in [0.29, 0.717) is 11.8 Å². The molecule has 2 atom stereocenters. The molecule has 5 heterocycles. The van der Waals surface area contributed by atoms with E-state index in [9.17, 15) is 0 Å². The predicted octanol–water partition coefficient (Wildman–Crippen LogP) is 4.49. The van der Waals surface area contributed by atoms with Crippen molar-refractivity contribution in [2.75, 3.05) is 30.0 Å². The highest BCUT2D eigenvalue weighted by Gasteiger charge is 2.42. The lowest BCUT2D eigenvalue weighted by molar-refractivity contribution is 0.399. The largest absolute Gasteiger partial charge is 0.479 e. The summed E-state index contributed by atoms with van der Waals surface area (Å²) in [6, 6.07) is 6.62. The normalized spacial score (nSPS) is 23.2. The Morgan fingerprint density at radius 1 is 1.12 bits per heavy atom. The number of thiazole rings is 1. The Morgan fingerprint density at radius 3 is 2.70 bits per heavy atom. The summed E-state index contributed by atoms with van der Waals surface area (Å²) in [6.45, 7) is 9.42. The zero-order valence-electron chi connectivity index (χ0n) is 19.5. The van der Waals surface area contributed by atoms with Gasteiger partial charge in [-0.3, -0.25) is 4.99 Å². The molecule has 1 fully saturated rings. The summed E-state index contributed by atoms with van der Waals surface area (Å²) in [5.41, 5.74) is 3.22. The number of aromatic nitrogens is 4. The number of rotatable bonds is 5. The molecule has 0 bridgehead atoms. The van der Waals surface area contributed by atoms with E-state index in [4.69, 9.17) is 19.8 Å². The monoisotopic (exact) mass is 463 g/mol. The Morgan fingerprint density at radius 2 is 1.97 bits per heavy atom. The third-order valence-corrected chi connectivity index (χ3v) is 7.74. The smallest absolute Gasteiger partial charge is 0.238 e. The van der Waals surface area contributed by atoms with Crippen LogP contribution in [0.25, 0.3) is 10.7 Å². The molecule has 6 rings (SSSR count). The van der Waals surface area contributed by atoms with Gasteiger partial charge >= 0.3 is 0 Å². The van der Waals surface area contributed by atoms with E-state index < -0.39 is 0 Å². The average molecular weight is 464 g/mol. The highest BCUT2D eigenvalue weighted by molar-refractivity contribution is 7.13. The van der Waals surface area contributed by atoms with Crippen molar-refractivity contribution in [3.05, 3.63) is 29.3 Å². The van der Waals surface area contributed by atoms with Gasteiger partial charge in [-0.25, -0.2) is 14.6 Å². The number of pyridine rings is 1. The molecule has 172 valence electrons. The van der Waals surface area contributed by atoms with Gasteiger partial charge in [0, 0.05) is 36.5 Å². The zero-order chi connectivity index (χ0) is 22.7. The molecule has 0 amide bonds. The van der Waals surface area contributed by atoms with Crippen molar-refractivity contribution in [3.63, 3.8) is 0 Å². The third kappa shape index (κ3) is 3.58. The Labute approximate surface area is 197 Å². The predicted molar refractivity (Wildman–Crippen MR) is 132 cm³/mol. The first kappa shape index (κ1) is 20.7. The third-order valence-electron chi connectivity index (χ3n) is 6.88. The summed E-state index contributed by atoms with van der Waals surface area (Å²) in [7, 11) is 1.66. The van der Waals surface area contributed by atoms with Crippen LogP contribution in [0.5, 0.6) is 5.88 Å². The highest BCUT2D eigenvalue weighted by atomic mass is 32.1. The molecule has 0 radical (unpaired) electrons. The van der Waals surface area contributed by atoms with Crippen molar-refractivity contribution in [2.24, 2.45) is 10.9 Å². The molecule has 8 nitrogen and oxygen atoms in total. The van der Waals surface area contributed by atoms with E-state index in [1.54, 1.807) is 18.4 Å². The van der Waals surface area contributed by atoms with E-state index in [2.05, 4.69) is 51.7 Å². The van der Waals surface area contributed by atoms with E-state index in [1.165, 1.54) is 18.5 Å². The van der Waals surface area contributed by atoms with E-state index in [1.807, 2.05) is 18.5 Å². The number of nitrogens with zero attached hydrogens (tertiary/aromatic N) is 7. The molecule has 3 aromatic rings. The minimum absolute atomic E-state index is 0.256. The fourth-order valence-corrected chi connectivity index (χ4v) is 5.41. The molecule has 3 aromatic heterocycles. The number of aliphatic imine (C=N–C) groups is 1. The van der Waals surface area contributed by atoms with Crippen LogP contribution >= 0.6 is 11.3 Å². The van der Waals surface area contributed by atoms with Crippen LogP contribution in [-0.4, -0.2) is 52.3 Å². The van der Waals surface area contributed by atoms with Crippen molar-refractivity contribution in [2.45, 2.75) is 51.6 Å².